The van der Waals surface area contributed by atoms with Gasteiger partial charge in [0.2, 0.25) is 0 Å². The monoisotopic (exact) mass is 429 g/mol. The van der Waals surface area contributed by atoms with E-state index in [1.165, 1.54) is 0 Å². The van der Waals surface area contributed by atoms with Crippen molar-refractivity contribution in [1.29, 1.82) is 5.26 Å². The van der Waals surface area contributed by atoms with E-state index in [1.807, 2.05) is 30.3 Å². The predicted octanol–water partition coefficient (Wildman–Crippen LogP) is 5.32. The van der Waals surface area contributed by atoms with E-state index in [-0.39, 0.29) is 29.5 Å². The van der Waals surface area contributed by atoms with E-state index in [4.69, 9.17) is 16.3 Å². The number of fused-ring (bicyclic) bond motifs is 1. The van der Waals surface area contributed by atoms with Crippen molar-refractivity contribution in [3.8, 4) is 11.8 Å². The van der Waals surface area contributed by atoms with Crippen molar-refractivity contribution < 1.29 is 14.6 Å². The van der Waals surface area contributed by atoms with Crippen LogP contribution in [0.5, 0.6) is 5.75 Å². The molecule has 0 saturated heterocycles. The number of aromatic nitrogens is 2. The second-order valence-electron chi connectivity index (χ2n) is 6.69. The molecule has 4 aromatic rings. The molecule has 6 nitrogen and oxygen atoms in total. The normalized spacial score (nSPS) is 11.6. The molecule has 2 N–H and O–H groups in total. The fourth-order valence-electron chi connectivity index (χ4n) is 3.02. The first-order valence-corrected chi connectivity index (χ1v) is 9.73. The Kier molecular flexibility index (Phi) is 5.69. The van der Waals surface area contributed by atoms with Gasteiger partial charge in [-0.2, -0.15) is 5.26 Å². The molecule has 0 aliphatic heterocycles. The van der Waals surface area contributed by atoms with Gasteiger partial charge in [-0.15, -0.1) is 0 Å². The number of aliphatic hydroxyl groups is 1. The van der Waals surface area contributed by atoms with Crippen LogP contribution in [0.25, 0.3) is 16.6 Å². The van der Waals surface area contributed by atoms with Crippen molar-refractivity contribution in [1.82, 2.24) is 9.97 Å². The van der Waals surface area contributed by atoms with Gasteiger partial charge in [-0.05, 0) is 60.7 Å². The molecule has 3 aromatic carbocycles. The zero-order chi connectivity index (χ0) is 21.8. The Hall–Kier alpha value is -4.08. The third-order valence-corrected chi connectivity index (χ3v) is 4.88. The molecule has 0 amide bonds. The topological polar surface area (TPSA) is 99.0 Å². The van der Waals surface area contributed by atoms with Crippen molar-refractivity contribution in [3.05, 3.63) is 101 Å². The SMILES string of the molecule is N#C/C(=C(/O)COc1ccc(C(=O)c2ccc(Cl)cc2)cc1)c1nc2ccccc2[nH]1. The molecule has 0 aliphatic rings. The highest BCUT2D eigenvalue weighted by molar-refractivity contribution is 6.30. The molecule has 1 aromatic heterocycles. The molecular formula is C24H16ClN3O3. The van der Waals surface area contributed by atoms with Gasteiger partial charge in [-0.3, -0.25) is 4.79 Å². The van der Waals surface area contributed by atoms with Crippen molar-refractivity contribution in [3.63, 3.8) is 0 Å². The molecule has 0 bridgehead atoms. The zero-order valence-electron chi connectivity index (χ0n) is 16.2. The van der Waals surface area contributed by atoms with Gasteiger partial charge >= 0.3 is 0 Å². The number of hydrogen-bond acceptors (Lipinski definition) is 5. The summed E-state index contributed by atoms with van der Waals surface area (Å²) in [5.41, 5.74) is 2.49. The Bertz CT molecular complexity index is 1280. The molecule has 152 valence electrons. The Labute approximate surface area is 183 Å². The molecule has 31 heavy (non-hydrogen) atoms. The number of nitriles is 1. The lowest BCUT2D eigenvalue weighted by Crippen LogP contribution is -2.05. The third-order valence-electron chi connectivity index (χ3n) is 4.63. The number of ketones is 1. The fourth-order valence-corrected chi connectivity index (χ4v) is 3.15. The fraction of sp³-hybridized carbons (Fsp3) is 0.0417. The van der Waals surface area contributed by atoms with Crippen LogP contribution in [0, 0.1) is 11.3 Å². The van der Waals surface area contributed by atoms with Crippen molar-refractivity contribution in [2.75, 3.05) is 6.61 Å². The smallest absolute Gasteiger partial charge is 0.193 e. The number of nitrogens with zero attached hydrogens (tertiary/aromatic N) is 2. The van der Waals surface area contributed by atoms with Gasteiger partial charge in [-0.25, -0.2) is 4.98 Å². The number of carbonyl (C=O) groups is 1. The summed E-state index contributed by atoms with van der Waals surface area (Å²) < 4.78 is 5.57. The van der Waals surface area contributed by atoms with Crippen LogP contribution in [0.2, 0.25) is 5.02 Å². The maximum Gasteiger partial charge on any atom is 0.193 e. The summed E-state index contributed by atoms with van der Waals surface area (Å²) >= 11 is 5.86. The molecule has 0 unspecified atom stereocenters. The van der Waals surface area contributed by atoms with E-state index in [9.17, 15) is 15.2 Å². The molecule has 0 aliphatic carbocycles. The summed E-state index contributed by atoms with van der Waals surface area (Å²) in [5, 5.41) is 20.4. The molecular weight excluding hydrogens is 414 g/mol. The number of aliphatic hydroxyl groups excluding tert-OH is 1. The van der Waals surface area contributed by atoms with Crippen molar-refractivity contribution in [2.24, 2.45) is 0 Å². The summed E-state index contributed by atoms with van der Waals surface area (Å²) in [6.45, 7) is -0.218. The number of para-hydroxylation sites is 2. The highest BCUT2D eigenvalue weighted by Crippen LogP contribution is 2.21. The minimum absolute atomic E-state index is 0.00531. The van der Waals surface area contributed by atoms with Crippen molar-refractivity contribution >= 4 is 34.0 Å². The van der Waals surface area contributed by atoms with Crippen LogP contribution in [0.4, 0.5) is 0 Å². The Morgan fingerprint density at radius 3 is 2.32 bits per heavy atom. The first-order chi connectivity index (χ1) is 15.0. The van der Waals surface area contributed by atoms with Crippen LogP contribution in [-0.2, 0) is 0 Å². The number of rotatable bonds is 6. The van der Waals surface area contributed by atoms with E-state index in [0.29, 0.717) is 27.4 Å². The molecule has 1 heterocycles. The summed E-state index contributed by atoms with van der Waals surface area (Å²) in [6.07, 6.45) is 0. The van der Waals surface area contributed by atoms with E-state index < -0.39 is 0 Å². The number of nitrogens with one attached hydrogen (secondary N) is 1. The van der Waals surface area contributed by atoms with E-state index in [0.717, 1.165) is 5.52 Å². The zero-order valence-corrected chi connectivity index (χ0v) is 16.9. The predicted molar refractivity (Wildman–Crippen MR) is 118 cm³/mol. The first kappa shape index (κ1) is 20.2. The minimum atomic E-state index is -0.247. The average molecular weight is 430 g/mol. The second kappa shape index (κ2) is 8.74. The number of hydrogen-bond donors (Lipinski definition) is 2. The summed E-state index contributed by atoms with van der Waals surface area (Å²) in [4.78, 5) is 19.9. The number of imidazole rings is 1. The van der Waals surface area contributed by atoms with E-state index in [1.54, 1.807) is 48.5 Å². The van der Waals surface area contributed by atoms with Gasteiger partial charge in [-0.1, -0.05) is 23.7 Å². The van der Waals surface area contributed by atoms with Crippen LogP contribution in [-0.4, -0.2) is 27.5 Å². The lowest BCUT2D eigenvalue weighted by molar-refractivity contribution is 0.103. The number of aromatic amines is 1. The molecule has 4 rings (SSSR count). The van der Waals surface area contributed by atoms with E-state index in [2.05, 4.69) is 9.97 Å². The van der Waals surface area contributed by atoms with E-state index >= 15 is 0 Å². The van der Waals surface area contributed by atoms with Gasteiger partial charge in [0.25, 0.3) is 0 Å². The molecule has 0 fully saturated rings. The van der Waals surface area contributed by atoms with Gasteiger partial charge in [0.05, 0.1) is 11.0 Å². The number of H-pyrrole nitrogens is 1. The quantitative estimate of drug-likeness (QED) is 0.245. The lowest BCUT2D eigenvalue weighted by atomic mass is 10.0. The Balaban J connectivity index is 1.47. The number of benzene rings is 3. The molecule has 0 radical (unpaired) electrons. The molecule has 7 heteroatoms. The van der Waals surface area contributed by atoms with Crippen molar-refractivity contribution in [2.45, 2.75) is 0 Å². The molecule has 0 saturated carbocycles. The van der Waals surface area contributed by atoms with Gasteiger partial charge in [0.15, 0.2) is 17.4 Å². The van der Waals surface area contributed by atoms with Crippen LogP contribution in [0.3, 0.4) is 0 Å². The van der Waals surface area contributed by atoms with Gasteiger partial charge in [0, 0.05) is 16.1 Å². The van der Waals surface area contributed by atoms with Gasteiger partial charge < -0.3 is 14.8 Å². The molecule has 0 atom stereocenters. The lowest BCUT2D eigenvalue weighted by Gasteiger charge is -2.08. The standard InChI is InChI=1S/C24H16ClN3O3/c25-17-9-5-15(6-10-17)23(30)16-7-11-18(12-8-16)31-14-22(29)19(13-26)24-27-20-3-1-2-4-21(20)28-24/h1-12,29H,14H2,(H,27,28)/b22-19-. The number of allylic oxidation sites excluding steroid dienone is 1. The maximum atomic E-state index is 12.5. The number of ether oxygens (including phenoxy) is 1. The Morgan fingerprint density at radius 1 is 1.03 bits per heavy atom. The first-order valence-electron chi connectivity index (χ1n) is 9.35. The summed E-state index contributed by atoms with van der Waals surface area (Å²) in [5.74, 6) is 0.334. The Morgan fingerprint density at radius 2 is 1.68 bits per heavy atom. The highest BCUT2D eigenvalue weighted by Gasteiger charge is 2.14. The molecule has 0 spiro atoms. The van der Waals surface area contributed by atoms with Crippen LogP contribution < -0.4 is 4.74 Å². The maximum absolute atomic E-state index is 12.5. The summed E-state index contributed by atoms with van der Waals surface area (Å²) in [6, 6.07) is 22.5. The minimum Gasteiger partial charge on any atom is -0.507 e. The van der Waals surface area contributed by atoms with Crippen LogP contribution in [0.1, 0.15) is 21.7 Å². The second-order valence-corrected chi connectivity index (χ2v) is 7.12. The highest BCUT2D eigenvalue weighted by atomic mass is 35.5. The van der Waals surface area contributed by atoms with Gasteiger partial charge in [0.1, 0.15) is 24.0 Å². The third kappa shape index (κ3) is 4.42. The average Bonchev–Trinajstić information content (AvgIpc) is 3.22. The van der Waals surface area contributed by atoms with Crippen LogP contribution in [0.15, 0.2) is 78.6 Å². The summed E-state index contributed by atoms with van der Waals surface area (Å²) in [7, 11) is 0. The number of halogens is 1. The number of carbonyl (C=O) groups excluding carboxylic acids is 1. The van der Waals surface area contributed by atoms with Crippen LogP contribution >= 0.6 is 11.6 Å². The largest absolute Gasteiger partial charge is 0.507 e.